The van der Waals surface area contributed by atoms with Crippen molar-refractivity contribution in [2.45, 2.75) is 51.6 Å². The van der Waals surface area contributed by atoms with Crippen LogP contribution in [0.3, 0.4) is 0 Å². The third-order valence-electron chi connectivity index (χ3n) is 3.60. The fourth-order valence-electron chi connectivity index (χ4n) is 2.45. The zero-order chi connectivity index (χ0) is 16.5. The van der Waals surface area contributed by atoms with Crippen LogP contribution in [0, 0.1) is 5.41 Å². The van der Waals surface area contributed by atoms with E-state index < -0.39 is 35.9 Å². The normalized spacial score (nSPS) is 26.4. The van der Waals surface area contributed by atoms with Gasteiger partial charge in [0.25, 0.3) is 5.92 Å². The lowest BCUT2D eigenvalue weighted by Gasteiger charge is -2.45. The topological polar surface area (TPSA) is 70.0 Å². The number of hydrogen-bond acceptors (Lipinski definition) is 4. The predicted octanol–water partition coefficient (Wildman–Crippen LogP) is 2.07. The van der Waals surface area contributed by atoms with Crippen LogP contribution >= 0.6 is 0 Å². The van der Waals surface area contributed by atoms with E-state index in [0.717, 1.165) is 0 Å². The number of rotatable bonds is 5. The first kappa shape index (κ1) is 18.0. The van der Waals surface area contributed by atoms with Crippen molar-refractivity contribution in [3.05, 3.63) is 12.7 Å². The Kier molecular flexibility index (Phi) is 5.13. The molecule has 0 aromatic rings. The molecule has 122 valence electrons. The number of hydrogen-bond donors (Lipinski definition) is 2. The fourth-order valence-corrected chi connectivity index (χ4v) is 2.45. The summed E-state index contributed by atoms with van der Waals surface area (Å²) in [6, 6.07) is 0. The zero-order valence-electron chi connectivity index (χ0n) is 12.6. The minimum Gasteiger partial charge on any atom is -0.481 e. The second-order valence-corrected chi connectivity index (χ2v) is 6.34. The summed E-state index contributed by atoms with van der Waals surface area (Å²) in [5, 5.41) is 19.3. The van der Waals surface area contributed by atoms with Crippen molar-refractivity contribution in [3.63, 3.8) is 0 Å². The molecule has 0 radical (unpaired) electrons. The molecule has 0 aromatic carbocycles. The highest BCUT2D eigenvalue weighted by Gasteiger charge is 2.59. The molecule has 0 amide bonds. The Hall–Kier alpha value is -1.05. The minimum absolute atomic E-state index is 0.180. The standard InChI is InChI=1S/C14H23F2NO4/c1-5-14(15,16)13(10(18)19)7-6-8-17(9-13)11(20)21-12(2,3)4/h5,11,20H,1,6-9H2,2-4H3,(H,18,19). The summed E-state index contributed by atoms with van der Waals surface area (Å²) in [5.74, 6) is -5.17. The number of piperidine rings is 1. The Balaban J connectivity index is 3.00. The van der Waals surface area contributed by atoms with Crippen LogP contribution in [0.5, 0.6) is 0 Å². The number of carboxylic acid groups (broad SMARTS) is 1. The third kappa shape index (κ3) is 3.78. The highest BCUT2D eigenvalue weighted by atomic mass is 19.3. The van der Waals surface area contributed by atoms with Crippen molar-refractivity contribution >= 4 is 5.97 Å². The van der Waals surface area contributed by atoms with Crippen molar-refractivity contribution < 1.29 is 28.5 Å². The van der Waals surface area contributed by atoms with Gasteiger partial charge in [-0.05, 0) is 39.7 Å². The van der Waals surface area contributed by atoms with Gasteiger partial charge in [-0.25, -0.2) is 8.78 Å². The van der Waals surface area contributed by atoms with E-state index in [9.17, 15) is 23.8 Å². The quantitative estimate of drug-likeness (QED) is 0.601. The molecule has 1 aliphatic rings. The molecule has 0 aliphatic carbocycles. The summed E-state index contributed by atoms with van der Waals surface area (Å²) in [6.07, 6.45) is -1.02. The highest BCUT2D eigenvalue weighted by Crippen LogP contribution is 2.45. The first-order valence-electron chi connectivity index (χ1n) is 6.80. The Labute approximate surface area is 123 Å². The summed E-state index contributed by atoms with van der Waals surface area (Å²) in [4.78, 5) is 12.7. The van der Waals surface area contributed by atoms with E-state index in [0.29, 0.717) is 12.6 Å². The van der Waals surface area contributed by atoms with Gasteiger partial charge in [-0.3, -0.25) is 9.69 Å². The second-order valence-electron chi connectivity index (χ2n) is 6.34. The van der Waals surface area contributed by atoms with E-state index in [2.05, 4.69) is 6.58 Å². The molecular weight excluding hydrogens is 284 g/mol. The molecule has 21 heavy (non-hydrogen) atoms. The summed E-state index contributed by atoms with van der Waals surface area (Å²) < 4.78 is 33.5. The van der Waals surface area contributed by atoms with Crippen LogP contribution < -0.4 is 0 Å². The number of ether oxygens (including phenoxy) is 1. The number of likely N-dealkylation sites (tertiary alicyclic amines) is 1. The van der Waals surface area contributed by atoms with Gasteiger partial charge in [0.2, 0.25) is 6.41 Å². The number of aliphatic hydroxyl groups is 1. The Morgan fingerprint density at radius 2 is 2.05 bits per heavy atom. The highest BCUT2D eigenvalue weighted by molar-refractivity contribution is 5.77. The van der Waals surface area contributed by atoms with Crippen LogP contribution in [0.2, 0.25) is 0 Å². The number of nitrogens with zero attached hydrogens (tertiary/aromatic N) is 1. The van der Waals surface area contributed by atoms with E-state index in [1.165, 1.54) is 4.90 Å². The molecule has 1 heterocycles. The molecule has 0 aromatic heterocycles. The van der Waals surface area contributed by atoms with Gasteiger partial charge in [0.05, 0.1) is 5.60 Å². The van der Waals surface area contributed by atoms with Crippen LogP contribution in [0.25, 0.3) is 0 Å². The molecule has 2 N–H and O–H groups in total. The van der Waals surface area contributed by atoms with Crippen LogP contribution in [-0.2, 0) is 9.53 Å². The average Bonchev–Trinajstić information content (AvgIpc) is 2.36. The molecule has 1 rings (SSSR count). The van der Waals surface area contributed by atoms with Gasteiger partial charge in [0.15, 0.2) is 0 Å². The van der Waals surface area contributed by atoms with Gasteiger partial charge in [0.1, 0.15) is 5.41 Å². The van der Waals surface area contributed by atoms with E-state index in [-0.39, 0.29) is 12.8 Å². The molecule has 1 saturated heterocycles. The van der Waals surface area contributed by atoms with Crippen molar-refractivity contribution in [2.24, 2.45) is 5.41 Å². The largest absolute Gasteiger partial charge is 0.481 e. The Morgan fingerprint density at radius 1 is 1.48 bits per heavy atom. The number of halogens is 2. The lowest BCUT2D eigenvalue weighted by atomic mass is 9.74. The SMILES string of the molecule is C=CC(F)(F)C1(C(=O)O)CCCN(C(O)OC(C)(C)C)C1. The van der Waals surface area contributed by atoms with Gasteiger partial charge < -0.3 is 14.9 Å². The lowest BCUT2D eigenvalue weighted by Crippen LogP contribution is -2.59. The molecule has 2 atom stereocenters. The molecule has 1 aliphatic heterocycles. The maximum atomic E-state index is 14.1. The maximum absolute atomic E-state index is 14.1. The Morgan fingerprint density at radius 3 is 2.48 bits per heavy atom. The summed E-state index contributed by atoms with van der Waals surface area (Å²) in [6.45, 7) is 7.96. The molecule has 0 spiro atoms. The van der Waals surface area contributed by atoms with E-state index in [4.69, 9.17) is 4.74 Å². The van der Waals surface area contributed by atoms with E-state index >= 15 is 0 Å². The number of carboxylic acids is 1. The van der Waals surface area contributed by atoms with Gasteiger partial charge in [-0.15, -0.1) is 0 Å². The van der Waals surface area contributed by atoms with Crippen molar-refractivity contribution in [1.82, 2.24) is 4.90 Å². The first-order valence-corrected chi connectivity index (χ1v) is 6.80. The van der Waals surface area contributed by atoms with Crippen LogP contribution in [0.15, 0.2) is 12.7 Å². The maximum Gasteiger partial charge on any atom is 0.317 e. The molecule has 1 fully saturated rings. The Bertz CT molecular complexity index is 408. The molecule has 5 nitrogen and oxygen atoms in total. The summed E-state index contributed by atoms with van der Waals surface area (Å²) >= 11 is 0. The number of allylic oxidation sites excluding steroid dienone is 1. The van der Waals surface area contributed by atoms with E-state index in [1.54, 1.807) is 20.8 Å². The van der Waals surface area contributed by atoms with Gasteiger partial charge in [-0.2, -0.15) is 0 Å². The van der Waals surface area contributed by atoms with Crippen LogP contribution in [0.1, 0.15) is 33.6 Å². The van der Waals surface area contributed by atoms with E-state index in [1.807, 2.05) is 0 Å². The first-order chi connectivity index (χ1) is 9.45. The third-order valence-corrected chi connectivity index (χ3v) is 3.60. The van der Waals surface area contributed by atoms with Gasteiger partial charge in [0, 0.05) is 13.1 Å². The van der Waals surface area contributed by atoms with Crippen LogP contribution in [-0.4, -0.2) is 52.1 Å². The van der Waals surface area contributed by atoms with Crippen molar-refractivity contribution in [1.29, 1.82) is 0 Å². The molecule has 0 bridgehead atoms. The number of carbonyl (C=O) groups is 1. The molecule has 2 unspecified atom stereocenters. The average molecular weight is 307 g/mol. The second kappa shape index (κ2) is 5.98. The fraction of sp³-hybridized carbons (Fsp3) is 0.786. The zero-order valence-corrected chi connectivity index (χ0v) is 12.6. The van der Waals surface area contributed by atoms with Crippen molar-refractivity contribution in [2.75, 3.05) is 13.1 Å². The predicted molar refractivity (Wildman–Crippen MR) is 72.9 cm³/mol. The molecule has 0 saturated carbocycles. The smallest absolute Gasteiger partial charge is 0.317 e. The lowest BCUT2D eigenvalue weighted by molar-refractivity contribution is -0.259. The number of aliphatic hydroxyl groups excluding tert-OH is 1. The monoisotopic (exact) mass is 307 g/mol. The summed E-state index contributed by atoms with van der Waals surface area (Å²) in [7, 11) is 0. The van der Waals surface area contributed by atoms with Gasteiger partial charge >= 0.3 is 5.97 Å². The minimum atomic E-state index is -3.57. The number of aliphatic carboxylic acids is 1. The van der Waals surface area contributed by atoms with Crippen molar-refractivity contribution in [3.8, 4) is 0 Å². The molecular formula is C14H23F2NO4. The van der Waals surface area contributed by atoms with Gasteiger partial charge in [-0.1, -0.05) is 6.58 Å². The number of alkyl halides is 2. The summed E-state index contributed by atoms with van der Waals surface area (Å²) in [5.41, 5.74) is -2.97. The molecule has 7 heteroatoms. The van der Waals surface area contributed by atoms with Crippen LogP contribution in [0.4, 0.5) is 8.78 Å².